The highest BCUT2D eigenvalue weighted by Gasteiger charge is 2.51. The molecule has 0 aliphatic carbocycles. The fourth-order valence-electron chi connectivity index (χ4n) is 6.26. The predicted molar refractivity (Wildman–Crippen MR) is 156 cm³/mol. The highest BCUT2D eigenvalue weighted by Crippen LogP contribution is 2.43. The van der Waals surface area contributed by atoms with E-state index in [1.165, 1.54) is 27.8 Å². The molecule has 0 aromatic heterocycles. The number of sulfonamides is 1. The smallest absolute Gasteiger partial charge is 0.230 e. The molecule has 0 spiro atoms. The highest BCUT2D eigenvalue weighted by molar-refractivity contribution is 7.89. The van der Waals surface area contributed by atoms with Crippen LogP contribution in [0.1, 0.15) is 55.7 Å². The first-order valence-electron chi connectivity index (χ1n) is 14.0. The zero-order valence-corrected chi connectivity index (χ0v) is 24.5. The second-order valence-electron chi connectivity index (χ2n) is 11.2. The van der Waals surface area contributed by atoms with Gasteiger partial charge in [-0.25, -0.2) is 8.42 Å². The molecule has 2 aromatic rings. The van der Waals surface area contributed by atoms with E-state index < -0.39 is 15.4 Å². The van der Waals surface area contributed by atoms with Crippen LogP contribution in [0.25, 0.3) is 11.1 Å². The first-order chi connectivity index (χ1) is 18.2. The van der Waals surface area contributed by atoms with Gasteiger partial charge in [0.1, 0.15) is 5.37 Å². The number of ether oxygens (including phenoxy) is 1. The zero-order valence-electron chi connectivity index (χ0n) is 23.7. The Kier molecular flexibility index (Phi) is 9.66. The lowest BCUT2D eigenvalue weighted by molar-refractivity contribution is -0.0636. The Morgan fingerprint density at radius 3 is 2.45 bits per heavy atom. The van der Waals surface area contributed by atoms with Gasteiger partial charge in [0.15, 0.2) is 0 Å². The molecule has 4 rings (SSSR count). The quantitative estimate of drug-likeness (QED) is 0.474. The van der Waals surface area contributed by atoms with Crippen molar-refractivity contribution >= 4 is 10.0 Å². The van der Waals surface area contributed by atoms with Crippen LogP contribution >= 0.6 is 0 Å². The lowest BCUT2D eigenvalue weighted by Gasteiger charge is -2.57. The molecule has 2 heterocycles. The average Bonchev–Trinajstić information content (AvgIpc) is 2.86. The van der Waals surface area contributed by atoms with Gasteiger partial charge >= 0.3 is 0 Å². The number of nitrogens with two attached hydrogens (primary N) is 1. The van der Waals surface area contributed by atoms with E-state index in [2.05, 4.69) is 66.5 Å². The van der Waals surface area contributed by atoms with Crippen molar-refractivity contribution in [2.24, 2.45) is 5.73 Å². The van der Waals surface area contributed by atoms with E-state index in [4.69, 9.17) is 10.5 Å². The van der Waals surface area contributed by atoms with Gasteiger partial charge in [0.2, 0.25) is 10.0 Å². The molecular formula is C30H46N4O3S. The molecule has 8 heteroatoms. The van der Waals surface area contributed by atoms with Crippen molar-refractivity contribution in [3.05, 3.63) is 59.2 Å². The molecule has 0 radical (unpaired) electrons. The Balaban J connectivity index is 1.62. The number of benzene rings is 2. The Labute approximate surface area is 229 Å². The van der Waals surface area contributed by atoms with Crippen LogP contribution in [0.4, 0.5) is 0 Å². The summed E-state index contributed by atoms with van der Waals surface area (Å²) in [6.07, 6.45) is 2.23. The number of nitrogens with zero attached hydrogens (tertiary/aromatic N) is 2. The summed E-state index contributed by atoms with van der Waals surface area (Å²) >= 11 is 0. The molecule has 2 fully saturated rings. The van der Waals surface area contributed by atoms with E-state index in [-0.39, 0.29) is 24.0 Å². The Bertz CT molecular complexity index is 1170. The van der Waals surface area contributed by atoms with Crippen LogP contribution in [0.2, 0.25) is 0 Å². The summed E-state index contributed by atoms with van der Waals surface area (Å²) < 4.78 is 35.0. The maximum atomic E-state index is 13.8. The first kappa shape index (κ1) is 29.2. The maximum absolute atomic E-state index is 13.8. The summed E-state index contributed by atoms with van der Waals surface area (Å²) in [7, 11) is -1.79. The van der Waals surface area contributed by atoms with Gasteiger partial charge < -0.3 is 10.5 Å². The summed E-state index contributed by atoms with van der Waals surface area (Å²) in [5.41, 5.74) is 12.1. The van der Waals surface area contributed by atoms with Crippen LogP contribution in [0.5, 0.6) is 0 Å². The molecule has 3 N–H and O–H groups in total. The largest absolute Gasteiger partial charge is 0.383 e. The molecule has 2 aliphatic rings. The average molecular weight is 543 g/mol. The van der Waals surface area contributed by atoms with E-state index >= 15 is 0 Å². The predicted octanol–water partition coefficient (Wildman–Crippen LogP) is 3.85. The third kappa shape index (κ3) is 6.01. The van der Waals surface area contributed by atoms with Crippen molar-refractivity contribution < 1.29 is 13.2 Å². The standard InChI is InChI=1S/C30H46N4O3S/c1-21(2)32-29(15-16-31)38(35,36)33-17-6-7-18-34-27(19-33)30(28(34)20-37-5)25-13-11-24(12-14-25)26-10-8-9-22(3)23(26)4/h8-14,21,27-30,32H,6-7,15-20,31H2,1-5H3/t27-,28?,29?,30?/m0/s1. The minimum Gasteiger partial charge on any atom is -0.383 e. The van der Waals surface area contributed by atoms with Gasteiger partial charge in [0.25, 0.3) is 0 Å². The molecule has 38 heavy (non-hydrogen) atoms. The number of methoxy groups -OCH3 is 1. The third-order valence-corrected chi connectivity index (χ3v) is 10.5. The first-order valence-corrected chi connectivity index (χ1v) is 15.6. The molecule has 0 saturated carbocycles. The van der Waals surface area contributed by atoms with Gasteiger partial charge in [-0.2, -0.15) is 4.31 Å². The summed E-state index contributed by atoms with van der Waals surface area (Å²) in [4.78, 5) is 2.47. The van der Waals surface area contributed by atoms with Crippen molar-refractivity contribution in [3.8, 4) is 11.1 Å². The normalized spacial score (nSPS) is 23.9. The zero-order chi connectivity index (χ0) is 27.4. The monoisotopic (exact) mass is 542 g/mol. The van der Waals surface area contributed by atoms with E-state index in [0.29, 0.717) is 32.7 Å². The third-order valence-electron chi connectivity index (χ3n) is 8.36. The van der Waals surface area contributed by atoms with Crippen molar-refractivity contribution in [2.75, 3.05) is 39.9 Å². The molecule has 2 aromatic carbocycles. The van der Waals surface area contributed by atoms with Crippen molar-refractivity contribution in [1.29, 1.82) is 0 Å². The van der Waals surface area contributed by atoms with Gasteiger partial charge in [-0.1, -0.05) is 42.5 Å². The van der Waals surface area contributed by atoms with E-state index in [9.17, 15) is 8.42 Å². The fraction of sp³-hybridized carbons (Fsp3) is 0.600. The van der Waals surface area contributed by atoms with Gasteiger partial charge in [0.05, 0.1) is 6.61 Å². The van der Waals surface area contributed by atoms with Crippen molar-refractivity contribution in [1.82, 2.24) is 14.5 Å². The lowest BCUT2D eigenvalue weighted by Crippen LogP contribution is -2.68. The summed E-state index contributed by atoms with van der Waals surface area (Å²) in [5.74, 6) is 0.212. The molecule has 0 amide bonds. The Hall–Kier alpha value is -1.81. The number of fused-ring (bicyclic) bond motifs is 1. The molecule has 0 bridgehead atoms. The van der Waals surface area contributed by atoms with Crippen LogP contribution in [0.3, 0.4) is 0 Å². The molecule has 210 valence electrons. The second kappa shape index (κ2) is 12.6. The number of hydrogen-bond donors (Lipinski definition) is 2. The van der Waals surface area contributed by atoms with Gasteiger partial charge in [-0.15, -0.1) is 0 Å². The number of rotatable bonds is 10. The summed E-state index contributed by atoms with van der Waals surface area (Å²) in [6, 6.07) is 15.8. The molecule has 7 nitrogen and oxygen atoms in total. The molecule has 2 saturated heterocycles. The summed E-state index contributed by atoms with van der Waals surface area (Å²) in [6.45, 7) is 11.3. The Morgan fingerprint density at radius 2 is 1.79 bits per heavy atom. The van der Waals surface area contributed by atoms with Crippen LogP contribution < -0.4 is 11.1 Å². The SMILES string of the molecule is COCC1C(c2ccc(-c3cccc(C)c3C)cc2)[C@@H]2CN(S(=O)(=O)C(CCN)NC(C)C)CCCCN12. The number of hydrogen-bond acceptors (Lipinski definition) is 6. The lowest BCUT2D eigenvalue weighted by atomic mass is 9.74. The minimum atomic E-state index is -3.55. The van der Waals surface area contributed by atoms with E-state index in [1.807, 2.05) is 13.8 Å². The van der Waals surface area contributed by atoms with Gasteiger partial charge in [0, 0.05) is 44.2 Å². The van der Waals surface area contributed by atoms with Crippen molar-refractivity contribution in [3.63, 3.8) is 0 Å². The second-order valence-corrected chi connectivity index (χ2v) is 13.3. The highest BCUT2D eigenvalue weighted by atomic mass is 32.2. The Morgan fingerprint density at radius 1 is 1.08 bits per heavy atom. The van der Waals surface area contributed by atoms with Crippen LogP contribution in [0, 0.1) is 13.8 Å². The van der Waals surface area contributed by atoms with Crippen LogP contribution in [0.15, 0.2) is 42.5 Å². The van der Waals surface area contributed by atoms with Gasteiger partial charge in [-0.3, -0.25) is 10.2 Å². The fourth-order valence-corrected chi connectivity index (χ4v) is 8.24. The van der Waals surface area contributed by atoms with Crippen molar-refractivity contribution in [2.45, 2.75) is 76.4 Å². The van der Waals surface area contributed by atoms with Crippen LogP contribution in [-0.2, 0) is 14.8 Å². The topological polar surface area (TPSA) is 87.9 Å². The molecule has 3 unspecified atom stereocenters. The number of aryl methyl sites for hydroxylation is 1. The minimum absolute atomic E-state index is 0.0608. The number of nitrogens with one attached hydrogen (secondary N) is 1. The van der Waals surface area contributed by atoms with E-state index in [0.717, 1.165) is 19.4 Å². The van der Waals surface area contributed by atoms with E-state index in [1.54, 1.807) is 11.4 Å². The molecule has 2 aliphatic heterocycles. The maximum Gasteiger partial charge on any atom is 0.230 e. The molecular weight excluding hydrogens is 496 g/mol. The summed E-state index contributed by atoms with van der Waals surface area (Å²) in [5, 5.41) is 2.60. The van der Waals surface area contributed by atoms with Gasteiger partial charge in [-0.05, 0) is 87.9 Å². The van der Waals surface area contributed by atoms with Crippen LogP contribution in [-0.4, -0.2) is 81.0 Å². The molecule has 4 atom stereocenters.